The average molecular weight is 240 g/mol. The van der Waals surface area contributed by atoms with Gasteiger partial charge in [-0.1, -0.05) is 33.6 Å². The highest BCUT2D eigenvalue weighted by Gasteiger charge is 2.42. The molecule has 0 amide bonds. The summed E-state index contributed by atoms with van der Waals surface area (Å²) < 4.78 is 5.90. The molecule has 0 spiro atoms. The van der Waals surface area contributed by atoms with Crippen molar-refractivity contribution in [3.63, 3.8) is 0 Å². The molecule has 3 atom stereocenters. The van der Waals surface area contributed by atoms with Crippen molar-refractivity contribution in [1.82, 2.24) is 0 Å². The average Bonchev–Trinajstić information content (AvgIpc) is 2.29. The van der Waals surface area contributed by atoms with Crippen LogP contribution < -0.4 is 0 Å². The van der Waals surface area contributed by atoms with Crippen molar-refractivity contribution in [3.05, 3.63) is 0 Å². The van der Waals surface area contributed by atoms with Gasteiger partial charge < -0.3 is 4.74 Å². The van der Waals surface area contributed by atoms with Gasteiger partial charge in [-0.2, -0.15) is 0 Å². The lowest BCUT2D eigenvalue weighted by Gasteiger charge is -2.39. The van der Waals surface area contributed by atoms with Gasteiger partial charge in [0.15, 0.2) is 5.78 Å². The minimum absolute atomic E-state index is 0.347. The topological polar surface area (TPSA) is 26.3 Å². The number of carbonyl (C=O) groups is 1. The summed E-state index contributed by atoms with van der Waals surface area (Å²) in [5, 5.41) is 0. The maximum atomic E-state index is 12.5. The molecule has 0 aromatic rings. The van der Waals surface area contributed by atoms with Gasteiger partial charge in [0.2, 0.25) is 0 Å². The minimum Gasteiger partial charge on any atom is -0.367 e. The fourth-order valence-electron chi connectivity index (χ4n) is 2.89. The van der Waals surface area contributed by atoms with Crippen molar-refractivity contribution < 1.29 is 9.53 Å². The number of carbonyl (C=O) groups excluding carboxylic acids is 1. The lowest BCUT2D eigenvalue weighted by Crippen LogP contribution is -2.46. The summed E-state index contributed by atoms with van der Waals surface area (Å²) >= 11 is 0. The molecule has 0 N–H and O–H groups in total. The van der Waals surface area contributed by atoms with Crippen LogP contribution in [0.15, 0.2) is 0 Å². The third-order valence-corrected chi connectivity index (χ3v) is 4.12. The van der Waals surface area contributed by atoms with Crippen LogP contribution in [-0.4, -0.2) is 18.0 Å². The van der Waals surface area contributed by atoms with E-state index in [1.165, 1.54) is 6.42 Å². The standard InChI is InChI=1S/C15H28O2/c1-5-12(3)10-14(16)15(17-6-2)9-7-8-13(4)11-15/h12-13H,5-11H2,1-4H3. The Morgan fingerprint density at radius 3 is 2.71 bits per heavy atom. The summed E-state index contributed by atoms with van der Waals surface area (Å²) in [6, 6.07) is 0. The molecule has 3 unspecified atom stereocenters. The van der Waals surface area contributed by atoms with Crippen LogP contribution in [0.2, 0.25) is 0 Å². The molecule has 2 heteroatoms. The highest BCUT2D eigenvalue weighted by molar-refractivity contribution is 5.87. The molecule has 17 heavy (non-hydrogen) atoms. The van der Waals surface area contributed by atoms with Gasteiger partial charge in [-0.15, -0.1) is 0 Å². The van der Waals surface area contributed by atoms with Crippen molar-refractivity contribution in [2.24, 2.45) is 11.8 Å². The molecule has 0 aromatic heterocycles. The predicted molar refractivity (Wildman–Crippen MR) is 71.1 cm³/mol. The van der Waals surface area contributed by atoms with E-state index in [0.717, 1.165) is 25.7 Å². The van der Waals surface area contributed by atoms with E-state index in [-0.39, 0.29) is 0 Å². The fourth-order valence-corrected chi connectivity index (χ4v) is 2.89. The number of ketones is 1. The summed E-state index contributed by atoms with van der Waals surface area (Å²) in [6.07, 6.45) is 5.99. The van der Waals surface area contributed by atoms with Crippen LogP contribution in [0.3, 0.4) is 0 Å². The second-order valence-corrected chi connectivity index (χ2v) is 5.77. The Labute approximate surface area is 106 Å². The number of Topliss-reactive ketones (excluding diaryl/α,β-unsaturated/α-hetero) is 1. The molecule has 1 rings (SSSR count). The zero-order valence-corrected chi connectivity index (χ0v) is 11.9. The summed E-state index contributed by atoms with van der Waals surface area (Å²) in [6.45, 7) is 9.19. The number of rotatable bonds is 6. The molecule has 0 bridgehead atoms. The monoisotopic (exact) mass is 240 g/mol. The van der Waals surface area contributed by atoms with Crippen LogP contribution in [0, 0.1) is 11.8 Å². The highest BCUT2D eigenvalue weighted by atomic mass is 16.5. The lowest BCUT2D eigenvalue weighted by atomic mass is 9.74. The smallest absolute Gasteiger partial charge is 0.164 e. The Kier molecular flexibility index (Phi) is 5.64. The molecule has 1 aliphatic rings. The molecule has 2 nitrogen and oxygen atoms in total. The third-order valence-electron chi connectivity index (χ3n) is 4.12. The lowest BCUT2D eigenvalue weighted by molar-refractivity contribution is -0.152. The van der Waals surface area contributed by atoms with E-state index in [9.17, 15) is 4.79 Å². The summed E-state index contributed by atoms with van der Waals surface area (Å²) in [5.74, 6) is 1.45. The molecule has 0 aromatic carbocycles. The quantitative estimate of drug-likeness (QED) is 0.702. The molecule has 0 aliphatic heterocycles. The Balaban J connectivity index is 2.72. The normalized spacial score (nSPS) is 31.2. The zero-order chi connectivity index (χ0) is 12.9. The maximum Gasteiger partial charge on any atom is 0.164 e. The number of ether oxygens (including phenoxy) is 1. The molecule has 0 radical (unpaired) electrons. The summed E-state index contributed by atoms with van der Waals surface area (Å²) in [7, 11) is 0. The van der Waals surface area contributed by atoms with Crippen LogP contribution in [0.4, 0.5) is 0 Å². The van der Waals surface area contributed by atoms with Crippen molar-refractivity contribution in [2.45, 2.75) is 71.8 Å². The summed E-state index contributed by atoms with van der Waals surface area (Å²) in [4.78, 5) is 12.5. The first kappa shape index (κ1) is 14.7. The summed E-state index contributed by atoms with van der Waals surface area (Å²) in [5.41, 5.74) is -0.449. The van der Waals surface area contributed by atoms with Crippen LogP contribution in [0.25, 0.3) is 0 Å². The van der Waals surface area contributed by atoms with Crippen molar-refractivity contribution in [1.29, 1.82) is 0 Å². The Morgan fingerprint density at radius 2 is 2.18 bits per heavy atom. The molecule has 0 heterocycles. The fraction of sp³-hybridized carbons (Fsp3) is 0.933. The van der Waals surface area contributed by atoms with Crippen LogP contribution >= 0.6 is 0 Å². The molecule has 1 saturated carbocycles. The van der Waals surface area contributed by atoms with Gasteiger partial charge in [0.1, 0.15) is 5.60 Å². The molecule has 0 saturated heterocycles. The van der Waals surface area contributed by atoms with E-state index in [2.05, 4.69) is 20.8 Å². The first-order chi connectivity index (χ1) is 8.04. The highest BCUT2D eigenvalue weighted by Crippen LogP contribution is 2.37. The van der Waals surface area contributed by atoms with Crippen molar-refractivity contribution in [2.75, 3.05) is 6.61 Å². The first-order valence-corrected chi connectivity index (χ1v) is 7.21. The largest absolute Gasteiger partial charge is 0.367 e. The molecule has 1 fully saturated rings. The van der Waals surface area contributed by atoms with Gasteiger partial charge in [0, 0.05) is 13.0 Å². The van der Waals surface area contributed by atoms with E-state index in [1.54, 1.807) is 0 Å². The molecular weight excluding hydrogens is 212 g/mol. The Bertz CT molecular complexity index is 245. The van der Waals surface area contributed by atoms with Crippen LogP contribution in [0.5, 0.6) is 0 Å². The van der Waals surface area contributed by atoms with Gasteiger partial charge in [0.05, 0.1) is 0 Å². The second kappa shape index (κ2) is 6.53. The second-order valence-electron chi connectivity index (χ2n) is 5.77. The number of hydrogen-bond donors (Lipinski definition) is 0. The Hall–Kier alpha value is -0.370. The third kappa shape index (κ3) is 3.80. The molecule has 1 aliphatic carbocycles. The van der Waals surface area contributed by atoms with Gasteiger partial charge in [-0.3, -0.25) is 4.79 Å². The van der Waals surface area contributed by atoms with Gasteiger partial charge in [0.25, 0.3) is 0 Å². The van der Waals surface area contributed by atoms with E-state index >= 15 is 0 Å². The molecule has 100 valence electrons. The van der Waals surface area contributed by atoms with Crippen molar-refractivity contribution in [3.8, 4) is 0 Å². The van der Waals surface area contributed by atoms with E-state index in [0.29, 0.717) is 30.6 Å². The SMILES string of the molecule is CCOC1(C(=O)CC(C)CC)CCCC(C)C1. The number of hydrogen-bond acceptors (Lipinski definition) is 2. The first-order valence-electron chi connectivity index (χ1n) is 7.21. The molecular formula is C15H28O2. The minimum atomic E-state index is -0.449. The van der Waals surface area contributed by atoms with E-state index in [1.807, 2.05) is 6.92 Å². The van der Waals surface area contributed by atoms with Crippen LogP contribution in [0.1, 0.15) is 66.2 Å². The van der Waals surface area contributed by atoms with E-state index in [4.69, 9.17) is 4.74 Å². The Morgan fingerprint density at radius 1 is 1.47 bits per heavy atom. The van der Waals surface area contributed by atoms with E-state index < -0.39 is 5.60 Å². The van der Waals surface area contributed by atoms with Crippen LogP contribution in [-0.2, 0) is 9.53 Å². The van der Waals surface area contributed by atoms with Gasteiger partial charge in [-0.25, -0.2) is 0 Å². The zero-order valence-electron chi connectivity index (χ0n) is 11.9. The predicted octanol–water partition coefficient (Wildman–Crippen LogP) is 3.98. The van der Waals surface area contributed by atoms with Gasteiger partial charge in [-0.05, 0) is 38.0 Å². The maximum absolute atomic E-state index is 12.5. The van der Waals surface area contributed by atoms with Crippen molar-refractivity contribution >= 4 is 5.78 Å². The van der Waals surface area contributed by atoms with Gasteiger partial charge >= 0.3 is 0 Å².